The Hall–Kier alpha value is -1.88. The van der Waals surface area contributed by atoms with Crippen LogP contribution in [0, 0.1) is 0 Å². The van der Waals surface area contributed by atoms with E-state index in [0.717, 1.165) is 11.3 Å². The number of amides is 1. The van der Waals surface area contributed by atoms with Gasteiger partial charge in [-0.3, -0.25) is 4.79 Å². The van der Waals surface area contributed by atoms with Gasteiger partial charge in [-0.1, -0.05) is 39.8 Å². The highest BCUT2D eigenvalue weighted by atomic mass is 16.5. The monoisotopic (exact) mass is 293 g/mol. The van der Waals surface area contributed by atoms with Crippen molar-refractivity contribution < 1.29 is 19.4 Å². The lowest BCUT2D eigenvalue weighted by Crippen LogP contribution is -2.21. The van der Waals surface area contributed by atoms with E-state index >= 15 is 0 Å². The third-order valence-corrected chi connectivity index (χ3v) is 3.10. The molecular formula is C16H23NO4. The zero-order valence-corrected chi connectivity index (χ0v) is 13.0. The fourth-order valence-electron chi connectivity index (χ4n) is 1.95. The van der Waals surface area contributed by atoms with E-state index in [2.05, 4.69) is 39.1 Å². The molecule has 1 aromatic rings. The van der Waals surface area contributed by atoms with Gasteiger partial charge in [0.05, 0.1) is 0 Å². The first-order valence-electron chi connectivity index (χ1n) is 7.04. The molecule has 0 heterocycles. The molecule has 1 amide bonds. The van der Waals surface area contributed by atoms with Crippen LogP contribution in [0.15, 0.2) is 18.2 Å². The highest BCUT2D eigenvalue weighted by molar-refractivity contribution is 5.92. The number of carboxylic acid groups (broad SMARTS) is 1. The van der Waals surface area contributed by atoms with Gasteiger partial charge in [-0.05, 0) is 29.0 Å². The zero-order valence-electron chi connectivity index (χ0n) is 13.0. The Morgan fingerprint density at radius 2 is 1.81 bits per heavy atom. The van der Waals surface area contributed by atoms with Gasteiger partial charge < -0.3 is 15.2 Å². The van der Waals surface area contributed by atoms with Gasteiger partial charge in [0.25, 0.3) is 0 Å². The van der Waals surface area contributed by atoms with Crippen molar-refractivity contribution in [1.29, 1.82) is 0 Å². The van der Waals surface area contributed by atoms with Gasteiger partial charge in [-0.2, -0.15) is 0 Å². The summed E-state index contributed by atoms with van der Waals surface area (Å²) in [5.74, 6) is -0.743. The van der Waals surface area contributed by atoms with Gasteiger partial charge in [-0.25, -0.2) is 4.79 Å². The molecule has 1 aromatic carbocycles. The lowest BCUT2D eigenvalue weighted by Gasteiger charge is -2.17. The molecule has 0 aromatic heterocycles. The second-order valence-electron chi connectivity index (χ2n) is 5.59. The number of carbonyl (C=O) groups excluding carboxylic acids is 1. The van der Waals surface area contributed by atoms with Gasteiger partial charge >= 0.3 is 5.97 Å². The molecule has 2 N–H and O–H groups in total. The van der Waals surface area contributed by atoms with Crippen molar-refractivity contribution >= 4 is 17.6 Å². The van der Waals surface area contributed by atoms with Crippen LogP contribution in [0.2, 0.25) is 0 Å². The van der Waals surface area contributed by atoms with Gasteiger partial charge in [0.2, 0.25) is 5.91 Å². The molecule has 0 radical (unpaired) electrons. The third-order valence-electron chi connectivity index (χ3n) is 3.10. The van der Waals surface area contributed by atoms with Crippen molar-refractivity contribution in [2.24, 2.45) is 0 Å². The Morgan fingerprint density at radius 3 is 2.33 bits per heavy atom. The fourth-order valence-corrected chi connectivity index (χ4v) is 1.95. The van der Waals surface area contributed by atoms with E-state index in [4.69, 9.17) is 9.84 Å². The third kappa shape index (κ3) is 5.55. The Balaban J connectivity index is 2.78. The Kier molecular flexibility index (Phi) is 6.37. The maximum absolute atomic E-state index is 11.8. The number of ether oxygens (including phenoxy) is 1. The summed E-state index contributed by atoms with van der Waals surface area (Å²) in [7, 11) is 0. The van der Waals surface area contributed by atoms with E-state index in [9.17, 15) is 9.59 Å². The minimum atomic E-state index is -1.09. The number of anilines is 1. The van der Waals surface area contributed by atoms with Crippen LogP contribution in [0.3, 0.4) is 0 Å². The topological polar surface area (TPSA) is 75.6 Å². The summed E-state index contributed by atoms with van der Waals surface area (Å²) in [6, 6.07) is 5.98. The Bertz CT molecular complexity index is 509. The normalized spacial score (nSPS) is 11.0. The van der Waals surface area contributed by atoms with Gasteiger partial charge in [0.15, 0.2) is 0 Å². The average Bonchev–Trinajstić information content (AvgIpc) is 2.38. The van der Waals surface area contributed by atoms with Crippen molar-refractivity contribution in [2.45, 2.75) is 39.5 Å². The highest BCUT2D eigenvalue weighted by Gasteiger charge is 2.12. The van der Waals surface area contributed by atoms with Crippen LogP contribution in [0.4, 0.5) is 5.69 Å². The molecule has 0 saturated carbocycles. The molecule has 0 aliphatic heterocycles. The smallest absolute Gasteiger partial charge is 0.329 e. The van der Waals surface area contributed by atoms with E-state index in [1.54, 1.807) is 0 Å². The molecule has 0 fully saturated rings. The van der Waals surface area contributed by atoms with Crippen LogP contribution < -0.4 is 5.32 Å². The molecule has 0 aliphatic carbocycles. The van der Waals surface area contributed by atoms with Crippen molar-refractivity contribution in [3.8, 4) is 0 Å². The number of carboxylic acids is 1. The van der Waals surface area contributed by atoms with Crippen molar-refractivity contribution in [3.63, 3.8) is 0 Å². The molecule has 5 nitrogen and oxygen atoms in total. The second-order valence-corrected chi connectivity index (χ2v) is 5.59. The van der Waals surface area contributed by atoms with Crippen LogP contribution in [0.5, 0.6) is 0 Å². The lowest BCUT2D eigenvalue weighted by atomic mass is 9.94. The van der Waals surface area contributed by atoms with Crippen LogP contribution in [0.1, 0.15) is 50.7 Å². The zero-order chi connectivity index (χ0) is 16.0. The van der Waals surface area contributed by atoms with E-state index in [1.807, 2.05) is 12.1 Å². The van der Waals surface area contributed by atoms with Gasteiger partial charge in [-0.15, -0.1) is 0 Å². The van der Waals surface area contributed by atoms with Gasteiger partial charge in [0.1, 0.15) is 13.2 Å². The van der Waals surface area contributed by atoms with Crippen LogP contribution >= 0.6 is 0 Å². The molecule has 0 atom stereocenters. The Morgan fingerprint density at radius 1 is 1.14 bits per heavy atom. The fraction of sp³-hybridized carbons (Fsp3) is 0.500. The minimum absolute atomic E-state index is 0.268. The lowest BCUT2D eigenvalue weighted by molar-refractivity contribution is -0.143. The average molecular weight is 293 g/mol. The summed E-state index contributed by atoms with van der Waals surface area (Å²) in [4.78, 5) is 22.1. The quantitative estimate of drug-likeness (QED) is 0.810. The minimum Gasteiger partial charge on any atom is -0.480 e. The van der Waals surface area contributed by atoms with E-state index in [0.29, 0.717) is 5.92 Å². The largest absolute Gasteiger partial charge is 0.480 e. The summed E-state index contributed by atoms with van der Waals surface area (Å²) < 4.78 is 4.78. The van der Waals surface area contributed by atoms with Crippen molar-refractivity contribution in [2.75, 3.05) is 18.5 Å². The molecule has 0 bridgehead atoms. The van der Waals surface area contributed by atoms with E-state index < -0.39 is 12.6 Å². The highest BCUT2D eigenvalue weighted by Crippen LogP contribution is 2.28. The SMILES string of the molecule is CC(C)c1ccc(NC(=O)COCC(=O)O)c(C(C)C)c1. The Labute approximate surface area is 125 Å². The maximum Gasteiger partial charge on any atom is 0.329 e. The van der Waals surface area contributed by atoms with Crippen LogP contribution in [0.25, 0.3) is 0 Å². The van der Waals surface area contributed by atoms with E-state index in [-0.39, 0.29) is 18.4 Å². The molecule has 0 unspecified atom stereocenters. The summed E-state index contributed by atoms with van der Waals surface area (Å²) in [6.07, 6.45) is 0. The molecule has 0 saturated heterocycles. The predicted octanol–water partition coefficient (Wildman–Crippen LogP) is 2.97. The number of carbonyl (C=O) groups is 2. The first kappa shape index (κ1) is 17.2. The van der Waals surface area contributed by atoms with E-state index in [1.165, 1.54) is 5.56 Å². The first-order chi connectivity index (χ1) is 9.81. The first-order valence-corrected chi connectivity index (χ1v) is 7.04. The summed E-state index contributed by atoms with van der Waals surface area (Å²) in [5.41, 5.74) is 3.03. The number of hydrogen-bond donors (Lipinski definition) is 2. The van der Waals surface area contributed by atoms with Crippen LogP contribution in [-0.4, -0.2) is 30.2 Å². The standard InChI is InChI=1S/C16H23NO4/c1-10(2)12-5-6-14(13(7-12)11(3)4)17-15(18)8-21-9-16(19)20/h5-7,10-11H,8-9H2,1-4H3,(H,17,18)(H,19,20). The predicted molar refractivity (Wildman–Crippen MR) is 81.7 cm³/mol. The number of rotatable bonds is 7. The number of aliphatic carboxylic acids is 1. The summed E-state index contributed by atoms with van der Waals surface area (Å²) >= 11 is 0. The summed E-state index contributed by atoms with van der Waals surface area (Å²) in [6.45, 7) is 7.63. The molecule has 5 heteroatoms. The molecule has 0 spiro atoms. The molecule has 21 heavy (non-hydrogen) atoms. The summed E-state index contributed by atoms with van der Waals surface area (Å²) in [5, 5.41) is 11.2. The number of nitrogens with one attached hydrogen (secondary N) is 1. The molecular weight excluding hydrogens is 270 g/mol. The van der Waals surface area contributed by atoms with Gasteiger partial charge in [0, 0.05) is 5.69 Å². The molecule has 1 rings (SSSR count). The number of hydrogen-bond acceptors (Lipinski definition) is 3. The number of benzene rings is 1. The molecule has 0 aliphatic rings. The van der Waals surface area contributed by atoms with Crippen molar-refractivity contribution in [1.82, 2.24) is 0 Å². The second kappa shape index (κ2) is 7.78. The van der Waals surface area contributed by atoms with Crippen molar-refractivity contribution in [3.05, 3.63) is 29.3 Å². The maximum atomic E-state index is 11.8. The molecule has 116 valence electrons. The van der Waals surface area contributed by atoms with Crippen LogP contribution in [-0.2, 0) is 14.3 Å².